The molecule has 0 saturated carbocycles. The summed E-state index contributed by atoms with van der Waals surface area (Å²) in [6.07, 6.45) is 1.81. The number of allylic oxidation sites excluding steroid dienone is 3. The second kappa shape index (κ2) is 4.86. The molecule has 0 atom stereocenters. The van der Waals surface area contributed by atoms with E-state index in [2.05, 4.69) is 13.2 Å². The van der Waals surface area contributed by atoms with Crippen molar-refractivity contribution < 1.29 is 0 Å². The first-order valence-electron chi connectivity index (χ1n) is 2.82. The average molecular weight is 139 g/mol. The zero-order chi connectivity index (χ0) is 7.44. The molecule has 0 bridgehead atoms. The van der Waals surface area contributed by atoms with Crippen LogP contribution in [0.25, 0.3) is 0 Å². The third kappa shape index (κ3) is 5.16. The van der Waals surface area contributed by atoms with E-state index < -0.39 is 0 Å². The Morgan fingerprint density at radius 3 is 1.80 bits per heavy atom. The van der Waals surface area contributed by atoms with Gasteiger partial charge < -0.3 is 5.73 Å². The van der Waals surface area contributed by atoms with Crippen molar-refractivity contribution in [2.45, 2.75) is 21.3 Å². The topological polar surface area (TPSA) is 26.0 Å². The maximum Gasteiger partial charge on any atom is 0.0340 e. The van der Waals surface area contributed by atoms with Crippen molar-refractivity contribution in [2.75, 3.05) is 0 Å². The molecule has 0 heterocycles. The number of rotatable bonds is 2. The summed E-state index contributed by atoms with van der Waals surface area (Å²) in [5.74, 6) is 0. The van der Waals surface area contributed by atoms with E-state index >= 15 is 0 Å². The Kier molecular flexibility index (Phi) is 5.72. The fraction of sp³-hybridized carbons (Fsp3) is 0.333. The Morgan fingerprint density at radius 1 is 1.30 bits per heavy atom. The molecule has 0 aliphatic rings. The van der Waals surface area contributed by atoms with Crippen LogP contribution in [0.15, 0.2) is 36.1 Å². The molecule has 0 aromatic heterocycles. The van der Waals surface area contributed by atoms with Crippen molar-refractivity contribution in [3.8, 4) is 0 Å². The quantitative estimate of drug-likeness (QED) is 0.585. The van der Waals surface area contributed by atoms with Gasteiger partial charge in [-0.1, -0.05) is 26.2 Å². The SMILES string of the molecule is C.C=C(C)/C=C(/N)C(=C)C. The van der Waals surface area contributed by atoms with Crippen LogP contribution in [-0.4, -0.2) is 0 Å². The fourth-order valence-electron chi connectivity index (χ4n) is 0.389. The molecule has 0 unspecified atom stereocenters. The van der Waals surface area contributed by atoms with E-state index in [1.807, 2.05) is 19.9 Å². The summed E-state index contributed by atoms with van der Waals surface area (Å²) < 4.78 is 0. The summed E-state index contributed by atoms with van der Waals surface area (Å²) in [4.78, 5) is 0. The fourth-order valence-corrected chi connectivity index (χ4v) is 0.389. The highest BCUT2D eigenvalue weighted by Crippen LogP contribution is 2.01. The Morgan fingerprint density at radius 2 is 1.70 bits per heavy atom. The van der Waals surface area contributed by atoms with E-state index in [4.69, 9.17) is 5.73 Å². The Labute approximate surface area is 63.9 Å². The van der Waals surface area contributed by atoms with Gasteiger partial charge in [-0.2, -0.15) is 0 Å². The molecule has 0 radical (unpaired) electrons. The van der Waals surface area contributed by atoms with Gasteiger partial charge in [-0.15, -0.1) is 0 Å². The van der Waals surface area contributed by atoms with Crippen molar-refractivity contribution in [1.29, 1.82) is 0 Å². The van der Waals surface area contributed by atoms with Gasteiger partial charge in [-0.05, 0) is 25.5 Å². The molecule has 0 aromatic carbocycles. The first kappa shape index (κ1) is 11.8. The van der Waals surface area contributed by atoms with Crippen LogP contribution in [0, 0.1) is 0 Å². The van der Waals surface area contributed by atoms with Crippen LogP contribution in [0.1, 0.15) is 21.3 Å². The summed E-state index contributed by atoms with van der Waals surface area (Å²) in [6.45, 7) is 11.1. The minimum Gasteiger partial charge on any atom is -0.399 e. The lowest BCUT2D eigenvalue weighted by molar-refractivity contribution is 1.29. The van der Waals surface area contributed by atoms with Gasteiger partial charge in [0.05, 0.1) is 0 Å². The third-order valence-corrected chi connectivity index (χ3v) is 0.895. The maximum absolute atomic E-state index is 5.52. The van der Waals surface area contributed by atoms with Gasteiger partial charge in [0.2, 0.25) is 0 Å². The molecule has 0 amide bonds. The summed E-state index contributed by atoms with van der Waals surface area (Å²) in [5, 5.41) is 0. The van der Waals surface area contributed by atoms with Crippen molar-refractivity contribution in [3.05, 3.63) is 36.1 Å². The number of nitrogens with two attached hydrogens (primary N) is 1. The molecule has 0 aromatic rings. The number of hydrogen-bond acceptors (Lipinski definition) is 1. The Hall–Kier alpha value is -0.980. The van der Waals surface area contributed by atoms with Gasteiger partial charge >= 0.3 is 0 Å². The lowest BCUT2D eigenvalue weighted by Gasteiger charge is -1.96. The Balaban J connectivity index is 0. The minimum absolute atomic E-state index is 0. The predicted molar refractivity (Wildman–Crippen MR) is 48.6 cm³/mol. The van der Waals surface area contributed by atoms with E-state index in [1.165, 1.54) is 0 Å². The van der Waals surface area contributed by atoms with Crippen LogP contribution in [0.2, 0.25) is 0 Å². The molecular weight excluding hydrogens is 122 g/mol. The summed E-state index contributed by atoms with van der Waals surface area (Å²) in [5.41, 5.74) is 8.07. The first-order valence-corrected chi connectivity index (χ1v) is 2.82. The van der Waals surface area contributed by atoms with E-state index in [-0.39, 0.29) is 7.43 Å². The van der Waals surface area contributed by atoms with Crippen molar-refractivity contribution >= 4 is 0 Å². The van der Waals surface area contributed by atoms with Gasteiger partial charge in [0.1, 0.15) is 0 Å². The highest BCUT2D eigenvalue weighted by atomic mass is 14.6. The Bertz CT molecular complexity index is 164. The average Bonchev–Trinajstić information content (AvgIpc) is 1.63. The van der Waals surface area contributed by atoms with Crippen molar-refractivity contribution in [2.24, 2.45) is 5.73 Å². The van der Waals surface area contributed by atoms with E-state index in [1.54, 1.807) is 0 Å². The first-order chi connectivity index (χ1) is 4.04. The normalized spacial score (nSPS) is 10.0. The molecule has 0 spiro atoms. The van der Waals surface area contributed by atoms with Crippen LogP contribution >= 0.6 is 0 Å². The summed E-state index contributed by atoms with van der Waals surface area (Å²) in [7, 11) is 0. The third-order valence-electron chi connectivity index (χ3n) is 0.895. The molecule has 0 rings (SSSR count). The zero-order valence-electron chi connectivity index (χ0n) is 6.07. The molecule has 10 heavy (non-hydrogen) atoms. The molecule has 58 valence electrons. The van der Waals surface area contributed by atoms with Crippen molar-refractivity contribution in [1.82, 2.24) is 0 Å². The molecular formula is C9H17N. The van der Waals surface area contributed by atoms with Crippen LogP contribution < -0.4 is 5.73 Å². The molecule has 0 aliphatic carbocycles. The minimum atomic E-state index is 0. The van der Waals surface area contributed by atoms with Gasteiger partial charge in [0.25, 0.3) is 0 Å². The molecule has 0 saturated heterocycles. The lowest BCUT2D eigenvalue weighted by atomic mass is 10.2. The van der Waals surface area contributed by atoms with Gasteiger partial charge in [0, 0.05) is 5.70 Å². The largest absolute Gasteiger partial charge is 0.399 e. The molecule has 1 nitrogen and oxygen atoms in total. The summed E-state index contributed by atoms with van der Waals surface area (Å²) >= 11 is 0. The second-order valence-corrected chi connectivity index (χ2v) is 2.23. The van der Waals surface area contributed by atoms with E-state index in [9.17, 15) is 0 Å². The maximum atomic E-state index is 5.52. The van der Waals surface area contributed by atoms with E-state index in [0.29, 0.717) is 5.70 Å². The lowest BCUT2D eigenvalue weighted by Crippen LogP contribution is -1.96. The van der Waals surface area contributed by atoms with Crippen LogP contribution in [-0.2, 0) is 0 Å². The zero-order valence-corrected chi connectivity index (χ0v) is 6.07. The van der Waals surface area contributed by atoms with Crippen LogP contribution in [0.5, 0.6) is 0 Å². The molecule has 0 fully saturated rings. The van der Waals surface area contributed by atoms with Crippen molar-refractivity contribution in [3.63, 3.8) is 0 Å². The molecule has 0 aliphatic heterocycles. The highest BCUT2D eigenvalue weighted by molar-refractivity contribution is 5.29. The monoisotopic (exact) mass is 139 g/mol. The highest BCUT2D eigenvalue weighted by Gasteiger charge is 1.87. The van der Waals surface area contributed by atoms with Crippen LogP contribution in [0.4, 0.5) is 0 Å². The summed E-state index contributed by atoms with van der Waals surface area (Å²) in [6, 6.07) is 0. The second-order valence-electron chi connectivity index (χ2n) is 2.23. The van der Waals surface area contributed by atoms with Crippen LogP contribution in [0.3, 0.4) is 0 Å². The van der Waals surface area contributed by atoms with E-state index in [0.717, 1.165) is 11.1 Å². The van der Waals surface area contributed by atoms with Gasteiger partial charge in [-0.3, -0.25) is 0 Å². The van der Waals surface area contributed by atoms with Gasteiger partial charge in [0.15, 0.2) is 0 Å². The standard InChI is InChI=1S/C8H13N.CH4/c1-6(2)5-8(9)7(3)4;/h5H,1,3,9H2,2,4H3;1H4/b8-5+;. The number of hydrogen-bond donors (Lipinski definition) is 1. The van der Waals surface area contributed by atoms with Gasteiger partial charge in [-0.25, -0.2) is 0 Å². The smallest absolute Gasteiger partial charge is 0.0340 e. The molecule has 1 heteroatoms. The molecule has 2 N–H and O–H groups in total. The predicted octanol–water partition coefficient (Wildman–Crippen LogP) is 2.62.